The zero-order valence-corrected chi connectivity index (χ0v) is 21.2. The lowest BCUT2D eigenvalue weighted by atomic mass is 10.0. The van der Waals surface area contributed by atoms with Gasteiger partial charge in [-0.3, -0.25) is 4.72 Å². The molecule has 5 rings (SSSR count). The molecule has 0 amide bonds. The van der Waals surface area contributed by atoms with Crippen LogP contribution >= 0.6 is 0 Å². The minimum Gasteiger partial charge on any atom is -0.486 e. The van der Waals surface area contributed by atoms with E-state index in [1.54, 1.807) is 13.0 Å². The van der Waals surface area contributed by atoms with Gasteiger partial charge in [-0.2, -0.15) is 0 Å². The van der Waals surface area contributed by atoms with Gasteiger partial charge in [0.1, 0.15) is 39.6 Å². The van der Waals surface area contributed by atoms with Gasteiger partial charge >= 0.3 is 0 Å². The summed E-state index contributed by atoms with van der Waals surface area (Å²) >= 11 is 0. The standard InChI is InChI=1S/C25H23F2N5O5S/c1-13-18-7-14(9-21(23(18)31-25(28)30-13)37-17-5-6-36-12-17)15-8-20(24(35-2)29-11-15)32-38(33,34)22-4-3-16(26)10-19(22)27/h3-4,7-11,17,32H,5-6,12H2,1-2H3,(H2,28,30,31)/t17-/m1/s1. The maximum absolute atomic E-state index is 14.3. The summed E-state index contributed by atoms with van der Waals surface area (Å²) in [4.78, 5) is 12.1. The number of sulfonamides is 1. The first-order chi connectivity index (χ1) is 18.1. The van der Waals surface area contributed by atoms with Crippen molar-refractivity contribution in [1.29, 1.82) is 0 Å². The van der Waals surface area contributed by atoms with Gasteiger partial charge in [0.2, 0.25) is 11.8 Å². The van der Waals surface area contributed by atoms with E-state index in [0.717, 1.165) is 12.1 Å². The highest BCUT2D eigenvalue weighted by atomic mass is 32.2. The number of rotatable bonds is 7. The number of fused-ring (bicyclic) bond motifs is 1. The lowest BCUT2D eigenvalue weighted by Gasteiger charge is -2.17. The Morgan fingerprint density at radius 3 is 2.66 bits per heavy atom. The minimum atomic E-state index is -4.45. The van der Waals surface area contributed by atoms with Crippen LogP contribution in [0.15, 0.2) is 47.5 Å². The molecule has 1 aliphatic heterocycles. The smallest absolute Gasteiger partial charge is 0.264 e. The molecule has 4 aromatic rings. The van der Waals surface area contributed by atoms with Crippen LogP contribution in [0.3, 0.4) is 0 Å². The molecule has 1 fully saturated rings. The Kier molecular flexibility index (Phi) is 6.71. The quantitative estimate of drug-likeness (QED) is 0.356. The van der Waals surface area contributed by atoms with Gasteiger partial charge in [-0.15, -0.1) is 0 Å². The number of hydrogen-bond donors (Lipinski definition) is 2. The van der Waals surface area contributed by atoms with Gasteiger partial charge in [0.15, 0.2) is 0 Å². The van der Waals surface area contributed by atoms with E-state index in [2.05, 4.69) is 19.7 Å². The minimum absolute atomic E-state index is 0.0486. The van der Waals surface area contributed by atoms with Crippen LogP contribution < -0.4 is 19.9 Å². The number of aromatic nitrogens is 3. The van der Waals surface area contributed by atoms with Crippen molar-refractivity contribution in [3.63, 3.8) is 0 Å². The van der Waals surface area contributed by atoms with Crippen LogP contribution in [0.5, 0.6) is 11.6 Å². The van der Waals surface area contributed by atoms with Crippen molar-refractivity contribution in [2.75, 3.05) is 30.8 Å². The molecule has 3 heterocycles. The molecule has 198 valence electrons. The molecule has 38 heavy (non-hydrogen) atoms. The number of ether oxygens (including phenoxy) is 3. The fourth-order valence-corrected chi connectivity index (χ4v) is 5.26. The number of nitrogens with zero attached hydrogens (tertiary/aromatic N) is 3. The SMILES string of the molecule is COc1ncc(-c2cc(O[C@@H]3CCOC3)c3nc(N)nc(C)c3c2)cc1NS(=O)(=O)c1ccc(F)cc1F. The number of methoxy groups -OCH3 is 1. The molecule has 2 aromatic heterocycles. The number of pyridine rings is 1. The largest absolute Gasteiger partial charge is 0.486 e. The van der Waals surface area contributed by atoms with E-state index >= 15 is 0 Å². The van der Waals surface area contributed by atoms with Crippen LogP contribution in [0.1, 0.15) is 12.1 Å². The molecular formula is C25H23F2N5O5S. The predicted molar refractivity (Wildman–Crippen MR) is 135 cm³/mol. The van der Waals surface area contributed by atoms with E-state index in [9.17, 15) is 17.2 Å². The summed E-state index contributed by atoms with van der Waals surface area (Å²) in [5, 5.41) is 0.678. The highest BCUT2D eigenvalue weighted by Crippen LogP contribution is 2.37. The number of hydrogen-bond acceptors (Lipinski definition) is 9. The number of anilines is 2. The maximum Gasteiger partial charge on any atom is 0.264 e. The summed E-state index contributed by atoms with van der Waals surface area (Å²) in [7, 11) is -3.13. The van der Waals surface area contributed by atoms with E-state index in [4.69, 9.17) is 19.9 Å². The predicted octanol–water partition coefficient (Wildman–Crippen LogP) is 3.84. The highest BCUT2D eigenvalue weighted by Gasteiger charge is 2.24. The second-order valence-electron chi connectivity index (χ2n) is 8.60. The molecule has 3 N–H and O–H groups in total. The molecule has 0 saturated carbocycles. The van der Waals surface area contributed by atoms with Crippen molar-refractivity contribution in [2.45, 2.75) is 24.3 Å². The lowest BCUT2D eigenvalue weighted by Crippen LogP contribution is -2.16. The summed E-state index contributed by atoms with van der Waals surface area (Å²) < 4.78 is 72.6. The van der Waals surface area contributed by atoms with Gasteiger partial charge in [0.25, 0.3) is 10.0 Å². The van der Waals surface area contributed by atoms with E-state index in [0.29, 0.717) is 59.2 Å². The third kappa shape index (κ3) is 5.02. The molecule has 0 radical (unpaired) electrons. The molecule has 1 aliphatic rings. The summed E-state index contributed by atoms with van der Waals surface area (Å²) in [5.41, 5.74) is 8.10. The van der Waals surface area contributed by atoms with Gasteiger partial charge in [-0.05, 0) is 42.8 Å². The van der Waals surface area contributed by atoms with Gasteiger partial charge in [0.05, 0.1) is 26.0 Å². The normalized spacial score (nSPS) is 15.5. The molecule has 2 aromatic carbocycles. The number of benzene rings is 2. The topological polar surface area (TPSA) is 139 Å². The second kappa shape index (κ2) is 9.99. The summed E-state index contributed by atoms with van der Waals surface area (Å²) in [5.74, 6) is -1.63. The number of nitrogen functional groups attached to an aromatic ring is 1. The molecule has 0 aliphatic carbocycles. The molecule has 0 spiro atoms. The molecule has 0 unspecified atom stereocenters. The van der Waals surface area contributed by atoms with Gasteiger partial charge in [-0.1, -0.05) is 0 Å². The average Bonchev–Trinajstić information content (AvgIpc) is 3.37. The Hall–Kier alpha value is -4.10. The van der Waals surface area contributed by atoms with Crippen molar-refractivity contribution >= 4 is 32.6 Å². The number of nitrogens with two attached hydrogens (primary N) is 1. The van der Waals surface area contributed by atoms with Crippen LogP contribution in [0.25, 0.3) is 22.0 Å². The molecule has 10 nitrogen and oxygen atoms in total. The van der Waals surface area contributed by atoms with Crippen molar-refractivity contribution in [2.24, 2.45) is 0 Å². The van der Waals surface area contributed by atoms with Crippen molar-refractivity contribution in [3.8, 4) is 22.8 Å². The zero-order valence-electron chi connectivity index (χ0n) is 20.4. The first-order valence-corrected chi connectivity index (χ1v) is 13.0. The monoisotopic (exact) mass is 543 g/mol. The number of aryl methyl sites for hydroxylation is 1. The van der Waals surface area contributed by atoms with E-state index in [1.165, 1.54) is 19.4 Å². The second-order valence-corrected chi connectivity index (χ2v) is 10.3. The highest BCUT2D eigenvalue weighted by molar-refractivity contribution is 7.92. The molecule has 0 bridgehead atoms. The van der Waals surface area contributed by atoms with Crippen molar-refractivity contribution in [3.05, 3.63) is 59.9 Å². The Balaban J connectivity index is 1.59. The lowest BCUT2D eigenvalue weighted by molar-refractivity contribution is 0.142. The van der Waals surface area contributed by atoms with E-state index in [-0.39, 0.29) is 23.6 Å². The number of nitrogens with one attached hydrogen (secondary N) is 1. The van der Waals surface area contributed by atoms with E-state index in [1.807, 2.05) is 6.07 Å². The summed E-state index contributed by atoms with van der Waals surface area (Å²) in [6.45, 7) is 2.80. The fraction of sp³-hybridized carbons (Fsp3) is 0.240. The third-order valence-electron chi connectivity index (χ3n) is 5.96. The average molecular weight is 544 g/mol. The van der Waals surface area contributed by atoms with Crippen LogP contribution in [0, 0.1) is 18.6 Å². The molecule has 13 heteroatoms. The van der Waals surface area contributed by atoms with Crippen LogP contribution in [-0.2, 0) is 14.8 Å². The maximum atomic E-state index is 14.3. The zero-order chi connectivity index (χ0) is 27.0. The Morgan fingerprint density at radius 2 is 1.95 bits per heavy atom. The van der Waals surface area contributed by atoms with Gasteiger partial charge in [-0.25, -0.2) is 32.2 Å². The van der Waals surface area contributed by atoms with Crippen molar-refractivity contribution in [1.82, 2.24) is 15.0 Å². The first kappa shape index (κ1) is 25.5. The van der Waals surface area contributed by atoms with Crippen molar-refractivity contribution < 1.29 is 31.4 Å². The summed E-state index contributed by atoms with van der Waals surface area (Å²) in [6, 6.07) is 7.22. The molecule has 1 saturated heterocycles. The Morgan fingerprint density at radius 1 is 1.13 bits per heavy atom. The Bertz CT molecular complexity index is 1650. The summed E-state index contributed by atoms with van der Waals surface area (Å²) in [6.07, 6.45) is 2.03. The van der Waals surface area contributed by atoms with Crippen LogP contribution in [-0.4, -0.2) is 49.8 Å². The number of halogens is 2. The van der Waals surface area contributed by atoms with E-state index < -0.39 is 26.6 Å². The van der Waals surface area contributed by atoms with Crippen LogP contribution in [0.4, 0.5) is 20.4 Å². The fourth-order valence-electron chi connectivity index (χ4n) is 4.15. The first-order valence-electron chi connectivity index (χ1n) is 11.5. The molecular weight excluding hydrogens is 520 g/mol. The van der Waals surface area contributed by atoms with Gasteiger partial charge < -0.3 is 19.9 Å². The third-order valence-corrected chi connectivity index (χ3v) is 7.36. The van der Waals surface area contributed by atoms with Crippen LogP contribution in [0.2, 0.25) is 0 Å². The molecule has 1 atom stereocenters. The van der Waals surface area contributed by atoms with Gasteiger partial charge in [0, 0.05) is 29.6 Å². The Labute approximate surface area is 216 Å².